The summed E-state index contributed by atoms with van der Waals surface area (Å²) in [6.07, 6.45) is 2.04. The largest absolute Gasteiger partial charge is 0.396 e. The third kappa shape index (κ3) is 8.86. The quantitative estimate of drug-likeness (QED) is 0.725. The molecule has 0 saturated carbocycles. The van der Waals surface area contributed by atoms with E-state index in [-0.39, 0.29) is 27.3 Å². The van der Waals surface area contributed by atoms with Crippen LogP contribution in [0.25, 0.3) is 0 Å². The zero-order valence-corrected chi connectivity index (χ0v) is 8.63. The van der Waals surface area contributed by atoms with E-state index in [9.17, 15) is 0 Å². The van der Waals surface area contributed by atoms with Gasteiger partial charge in [-0.25, -0.2) is 0 Å². The van der Waals surface area contributed by atoms with Crippen LogP contribution in [0.15, 0.2) is 0 Å². The van der Waals surface area contributed by atoms with Crippen molar-refractivity contribution in [3.8, 4) is 0 Å². The second kappa shape index (κ2) is 9.30. The van der Waals surface area contributed by atoms with Gasteiger partial charge in [0.2, 0.25) is 0 Å². The maximum atomic E-state index is 8.07. The first-order chi connectivity index (χ1) is 2.41. The minimum absolute atomic E-state index is 0. The van der Waals surface area contributed by atoms with Gasteiger partial charge in [-0.15, -0.1) is 0 Å². The predicted molar refractivity (Wildman–Crippen MR) is 27.7 cm³/mol. The summed E-state index contributed by atoms with van der Waals surface area (Å²) in [7, 11) is 0. The van der Waals surface area contributed by atoms with Crippen molar-refractivity contribution in [2.75, 3.05) is 6.61 Å². The summed E-state index contributed by atoms with van der Waals surface area (Å²) in [6, 6.07) is 0. The maximum Gasteiger partial charge on any atom is 0.0430 e. The molecule has 0 atom stereocenters. The molecule has 0 amide bonds. The molecule has 0 unspecified atom stereocenters. The molecule has 0 spiro atoms. The van der Waals surface area contributed by atoms with E-state index in [2.05, 4.69) is 6.92 Å². The Kier molecular flexibility index (Phi) is 15.5. The SMILES string of the molecule is CCCCO.[Tl]. The molecule has 6 heavy (non-hydrogen) atoms. The minimum atomic E-state index is 0. The minimum Gasteiger partial charge on any atom is -0.396 e. The zero-order valence-electron chi connectivity index (χ0n) is 4.15. The van der Waals surface area contributed by atoms with Crippen LogP contribution in [-0.2, 0) is 0 Å². The van der Waals surface area contributed by atoms with Crippen LogP contribution in [0.4, 0.5) is 0 Å². The maximum absolute atomic E-state index is 8.07. The molecule has 1 radical (unpaired) electrons. The van der Waals surface area contributed by atoms with Gasteiger partial charge in [-0.1, -0.05) is 13.3 Å². The Morgan fingerprint density at radius 1 is 1.50 bits per heavy atom. The number of aliphatic hydroxyl groups is 1. The summed E-state index contributed by atoms with van der Waals surface area (Å²) >= 11 is 0. The summed E-state index contributed by atoms with van der Waals surface area (Å²) < 4.78 is 0. The average molecular weight is 279 g/mol. The molecule has 0 heterocycles. The Labute approximate surface area is 58.9 Å². The molecule has 0 rings (SSSR count). The Morgan fingerprint density at radius 2 is 2.00 bits per heavy atom. The number of aliphatic hydroxyl groups excluding tert-OH is 1. The summed E-state index contributed by atoms with van der Waals surface area (Å²) in [6.45, 7) is 2.40. The Hall–Kier alpha value is 0.882. The predicted octanol–water partition coefficient (Wildman–Crippen LogP) is 0.398. The fourth-order valence-electron chi connectivity index (χ4n) is 0.158. The second-order valence-electron chi connectivity index (χ2n) is 1.08. The van der Waals surface area contributed by atoms with Gasteiger partial charge >= 0.3 is 0 Å². The van der Waals surface area contributed by atoms with Gasteiger partial charge in [0.1, 0.15) is 0 Å². The summed E-state index contributed by atoms with van der Waals surface area (Å²) in [4.78, 5) is 0. The van der Waals surface area contributed by atoms with E-state index < -0.39 is 0 Å². The van der Waals surface area contributed by atoms with Gasteiger partial charge in [0.25, 0.3) is 0 Å². The van der Waals surface area contributed by atoms with Gasteiger partial charge < -0.3 is 5.11 Å². The molecule has 0 aromatic heterocycles. The standard InChI is InChI=1S/C4H10O.Tl/c1-2-3-4-5;/h5H,2-4H2,1H3;. The van der Waals surface area contributed by atoms with Crippen molar-refractivity contribution in [3.63, 3.8) is 0 Å². The Balaban J connectivity index is 0. The molecule has 0 fully saturated rings. The number of hydrogen-bond donors (Lipinski definition) is 1. The van der Waals surface area contributed by atoms with Crippen molar-refractivity contribution < 1.29 is 5.11 Å². The molecule has 0 aromatic carbocycles. The van der Waals surface area contributed by atoms with Crippen molar-refractivity contribution in [2.24, 2.45) is 0 Å². The van der Waals surface area contributed by atoms with Crippen LogP contribution in [0, 0.1) is 0 Å². The van der Waals surface area contributed by atoms with Crippen molar-refractivity contribution in [3.05, 3.63) is 0 Å². The van der Waals surface area contributed by atoms with Crippen molar-refractivity contribution in [1.29, 1.82) is 0 Å². The monoisotopic (exact) mass is 279 g/mol. The van der Waals surface area contributed by atoms with Crippen molar-refractivity contribution >= 4 is 27.3 Å². The molecule has 0 aliphatic carbocycles. The molecule has 0 saturated heterocycles. The van der Waals surface area contributed by atoms with Gasteiger partial charge in [-0.3, -0.25) is 0 Å². The van der Waals surface area contributed by atoms with E-state index in [1.54, 1.807) is 0 Å². The van der Waals surface area contributed by atoms with E-state index >= 15 is 0 Å². The van der Waals surface area contributed by atoms with E-state index in [1.165, 1.54) is 0 Å². The molecule has 35 valence electrons. The van der Waals surface area contributed by atoms with Gasteiger partial charge in [0.15, 0.2) is 0 Å². The Bertz CT molecular complexity index is 15.0. The normalized spacial score (nSPS) is 7.00. The molecular weight excluding hydrogens is 268 g/mol. The first kappa shape index (κ1) is 9.99. The third-order valence-corrected chi connectivity index (χ3v) is 0.512. The van der Waals surface area contributed by atoms with E-state index in [0.29, 0.717) is 6.61 Å². The molecular formula is C4H10OTl. The summed E-state index contributed by atoms with van der Waals surface area (Å²) in [5, 5.41) is 8.07. The molecule has 0 aliphatic heterocycles. The Morgan fingerprint density at radius 3 is 2.00 bits per heavy atom. The van der Waals surface area contributed by atoms with Crippen LogP contribution in [-0.4, -0.2) is 39.0 Å². The molecule has 0 aromatic rings. The van der Waals surface area contributed by atoms with E-state index in [1.807, 2.05) is 0 Å². The number of rotatable bonds is 2. The average Bonchev–Trinajstić information content (AvgIpc) is 1.41. The molecule has 0 bridgehead atoms. The van der Waals surface area contributed by atoms with Gasteiger partial charge in [-0.05, 0) is 6.42 Å². The van der Waals surface area contributed by atoms with Crippen LogP contribution < -0.4 is 0 Å². The van der Waals surface area contributed by atoms with E-state index in [4.69, 9.17) is 5.11 Å². The number of hydrogen-bond acceptors (Lipinski definition) is 1. The smallest absolute Gasteiger partial charge is 0.0430 e. The molecule has 2 heteroatoms. The van der Waals surface area contributed by atoms with E-state index in [0.717, 1.165) is 12.8 Å². The van der Waals surface area contributed by atoms with Crippen LogP contribution >= 0.6 is 0 Å². The molecule has 0 aliphatic rings. The first-order valence-electron chi connectivity index (χ1n) is 2.02. The van der Waals surface area contributed by atoms with Crippen LogP contribution in [0.1, 0.15) is 19.8 Å². The van der Waals surface area contributed by atoms with Crippen LogP contribution in [0.2, 0.25) is 0 Å². The van der Waals surface area contributed by atoms with Gasteiger partial charge in [0, 0.05) is 33.9 Å². The second-order valence-corrected chi connectivity index (χ2v) is 1.08. The fraction of sp³-hybridized carbons (Fsp3) is 1.00. The van der Waals surface area contributed by atoms with Gasteiger partial charge in [-0.2, -0.15) is 0 Å². The third-order valence-electron chi connectivity index (χ3n) is 0.512. The van der Waals surface area contributed by atoms with Crippen LogP contribution in [0.5, 0.6) is 0 Å². The number of unbranched alkanes of at least 4 members (excludes halogenated alkanes) is 1. The molecule has 1 N–H and O–H groups in total. The summed E-state index contributed by atoms with van der Waals surface area (Å²) in [5.41, 5.74) is 0. The fourth-order valence-corrected chi connectivity index (χ4v) is 0.158. The van der Waals surface area contributed by atoms with Crippen molar-refractivity contribution in [2.45, 2.75) is 19.8 Å². The van der Waals surface area contributed by atoms with Crippen molar-refractivity contribution in [1.82, 2.24) is 0 Å². The first-order valence-corrected chi connectivity index (χ1v) is 2.02. The molecule has 1 nitrogen and oxygen atoms in total. The van der Waals surface area contributed by atoms with Gasteiger partial charge in [0.05, 0.1) is 0 Å². The zero-order chi connectivity index (χ0) is 4.12. The topological polar surface area (TPSA) is 20.2 Å². The van der Waals surface area contributed by atoms with Crippen LogP contribution in [0.3, 0.4) is 0 Å². The summed E-state index contributed by atoms with van der Waals surface area (Å²) in [5.74, 6) is 0.